The highest BCUT2D eigenvalue weighted by molar-refractivity contribution is 6.31. The molecule has 2 aromatic heterocycles. The number of aromatic nitrogens is 5. The van der Waals surface area contributed by atoms with Gasteiger partial charge in [-0.25, -0.2) is 23.5 Å². The summed E-state index contributed by atoms with van der Waals surface area (Å²) in [5.74, 6) is -1.60. The molecule has 9 nitrogen and oxygen atoms in total. The summed E-state index contributed by atoms with van der Waals surface area (Å²) < 4.78 is 21.7. The van der Waals surface area contributed by atoms with Crippen molar-refractivity contribution in [3.8, 4) is 11.4 Å². The zero-order chi connectivity index (χ0) is 23.7. The van der Waals surface area contributed by atoms with E-state index in [4.69, 9.17) is 16.3 Å². The van der Waals surface area contributed by atoms with Gasteiger partial charge in [-0.15, -0.1) is 0 Å². The number of benzene rings is 2. The maximum absolute atomic E-state index is 13.3. The molecule has 34 heavy (non-hydrogen) atoms. The fourth-order valence-electron chi connectivity index (χ4n) is 3.92. The summed E-state index contributed by atoms with van der Waals surface area (Å²) in [7, 11) is 0. The third-order valence-corrected chi connectivity index (χ3v) is 5.66. The fourth-order valence-corrected chi connectivity index (χ4v) is 4.10. The predicted molar refractivity (Wildman–Crippen MR) is 121 cm³/mol. The Morgan fingerprint density at radius 1 is 1.15 bits per heavy atom. The van der Waals surface area contributed by atoms with Gasteiger partial charge in [0.2, 0.25) is 0 Å². The molecule has 1 aliphatic rings. The predicted octanol–water partition coefficient (Wildman–Crippen LogP) is 3.53. The molecule has 1 aliphatic carbocycles. The largest absolute Gasteiger partial charge is 0.451 e. The van der Waals surface area contributed by atoms with E-state index in [1.807, 2.05) is 0 Å². The second kappa shape index (κ2) is 9.06. The van der Waals surface area contributed by atoms with Crippen molar-refractivity contribution >= 4 is 29.2 Å². The molecule has 2 aromatic carbocycles. The van der Waals surface area contributed by atoms with E-state index in [0.29, 0.717) is 28.5 Å². The van der Waals surface area contributed by atoms with Gasteiger partial charge < -0.3 is 10.1 Å². The van der Waals surface area contributed by atoms with Crippen LogP contribution in [0.1, 0.15) is 28.2 Å². The second-order valence-electron chi connectivity index (χ2n) is 7.64. The Bertz CT molecular complexity index is 1370. The number of hydrogen-bond acceptors (Lipinski definition) is 6. The molecule has 1 amide bonds. The highest BCUT2D eigenvalue weighted by Crippen LogP contribution is 2.28. The van der Waals surface area contributed by atoms with Crippen LogP contribution < -0.4 is 5.32 Å². The summed E-state index contributed by atoms with van der Waals surface area (Å²) in [5, 5.41) is 11.6. The molecule has 0 radical (unpaired) electrons. The first kappa shape index (κ1) is 21.8. The van der Waals surface area contributed by atoms with Gasteiger partial charge in [0.05, 0.1) is 17.1 Å². The zero-order valence-corrected chi connectivity index (χ0v) is 18.5. The fraction of sp³-hybridized carbons (Fsp3) is 0.174. The van der Waals surface area contributed by atoms with Crippen LogP contribution in [-0.2, 0) is 22.4 Å². The molecule has 0 aliphatic heterocycles. The standard InChI is InChI=1S/C23H18ClFN6O3/c24-14-4-9-20(30-13-26-12-27-30)18(10-14)28-21(32)11-34-23(33)22-17-2-1-3-19(17)31(29-22)16-7-5-15(25)6-8-16/h4-10,12-13H,1-3,11H2,(H,28,32). The third kappa shape index (κ3) is 4.27. The van der Waals surface area contributed by atoms with E-state index in [9.17, 15) is 14.0 Å². The number of halogens is 2. The number of ether oxygens (including phenoxy) is 1. The van der Waals surface area contributed by atoms with Crippen molar-refractivity contribution in [2.24, 2.45) is 0 Å². The number of anilines is 1. The molecule has 0 atom stereocenters. The van der Waals surface area contributed by atoms with Crippen LogP contribution in [0, 0.1) is 5.82 Å². The third-order valence-electron chi connectivity index (χ3n) is 5.43. The number of carbonyl (C=O) groups is 2. The molecule has 1 N–H and O–H groups in total. The van der Waals surface area contributed by atoms with Gasteiger partial charge in [-0.2, -0.15) is 10.2 Å². The lowest BCUT2D eigenvalue weighted by molar-refractivity contribution is -0.119. The monoisotopic (exact) mass is 480 g/mol. The topological polar surface area (TPSA) is 104 Å². The molecule has 5 rings (SSSR count). The summed E-state index contributed by atoms with van der Waals surface area (Å²) in [5.41, 5.74) is 3.43. The Labute approximate surface area is 198 Å². The van der Waals surface area contributed by atoms with Gasteiger partial charge in [0.25, 0.3) is 5.91 Å². The van der Waals surface area contributed by atoms with E-state index >= 15 is 0 Å². The summed E-state index contributed by atoms with van der Waals surface area (Å²) in [6.07, 6.45) is 5.14. The summed E-state index contributed by atoms with van der Waals surface area (Å²) in [6, 6.07) is 10.8. The van der Waals surface area contributed by atoms with Gasteiger partial charge in [-0.1, -0.05) is 11.6 Å². The lowest BCUT2D eigenvalue weighted by Gasteiger charge is -2.11. The van der Waals surface area contributed by atoms with Crippen LogP contribution in [0.5, 0.6) is 0 Å². The number of nitrogens with zero attached hydrogens (tertiary/aromatic N) is 5. The van der Waals surface area contributed by atoms with E-state index in [1.54, 1.807) is 35.0 Å². The van der Waals surface area contributed by atoms with Crippen molar-refractivity contribution in [2.45, 2.75) is 19.3 Å². The van der Waals surface area contributed by atoms with Crippen molar-refractivity contribution in [3.05, 3.63) is 82.9 Å². The smallest absolute Gasteiger partial charge is 0.359 e. The van der Waals surface area contributed by atoms with Crippen LogP contribution in [-0.4, -0.2) is 43.0 Å². The molecule has 0 bridgehead atoms. The molecular weight excluding hydrogens is 463 g/mol. The number of esters is 1. The SMILES string of the molecule is O=C(COC(=O)c1nn(-c2ccc(F)cc2)c2c1CCC2)Nc1cc(Cl)ccc1-n1cncn1. The number of amides is 1. The second-order valence-corrected chi connectivity index (χ2v) is 8.08. The van der Waals surface area contributed by atoms with Crippen LogP contribution in [0.25, 0.3) is 11.4 Å². The van der Waals surface area contributed by atoms with Crippen molar-refractivity contribution in [2.75, 3.05) is 11.9 Å². The number of carbonyl (C=O) groups excluding carboxylic acids is 2. The van der Waals surface area contributed by atoms with E-state index in [-0.39, 0.29) is 11.5 Å². The first-order valence-corrected chi connectivity index (χ1v) is 10.9. The maximum atomic E-state index is 13.3. The number of hydrogen-bond donors (Lipinski definition) is 1. The average molecular weight is 481 g/mol. The normalized spacial score (nSPS) is 12.4. The molecule has 172 valence electrons. The maximum Gasteiger partial charge on any atom is 0.359 e. The molecule has 2 heterocycles. The Morgan fingerprint density at radius 2 is 1.97 bits per heavy atom. The van der Waals surface area contributed by atoms with Crippen molar-refractivity contribution in [1.29, 1.82) is 0 Å². The Kier molecular flexibility index (Phi) is 5.81. The first-order chi connectivity index (χ1) is 16.5. The van der Waals surface area contributed by atoms with E-state index < -0.39 is 18.5 Å². The number of fused-ring (bicyclic) bond motifs is 1. The lowest BCUT2D eigenvalue weighted by Crippen LogP contribution is -2.22. The molecule has 11 heteroatoms. The van der Waals surface area contributed by atoms with Gasteiger partial charge >= 0.3 is 5.97 Å². The minimum Gasteiger partial charge on any atom is -0.451 e. The lowest BCUT2D eigenvalue weighted by atomic mass is 10.2. The molecular formula is C23H18ClFN6O3. The van der Waals surface area contributed by atoms with E-state index in [1.165, 1.54) is 29.5 Å². The van der Waals surface area contributed by atoms with E-state index in [2.05, 4.69) is 20.5 Å². The molecule has 0 spiro atoms. The molecule has 4 aromatic rings. The minimum atomic E-state index is -0.697. The number of nitrogens with one attached hydrogen (secondary N) is 1. The Balaban J connectivity index is 1.30. The molecule has 0 saturated heterocycles. The van der Waals surface area contributed by atoms with Gasteiger partial charge in [0.1, 0.15) is 18.5 Å². The van der Waals surface area contributed by atoms with E-state index in [0.717, 1.165) is 24.1 Å². The highest BCUT2D eigenvalue weighted by atomic mass is 35.5. The van der Waals surface area contributed by atoms with Gasteiger partial charge in [0.15, 0.2) is 12.3 Å². The average Bonchev–Trinajstić information content (AvgIpc) is 3.57. The van der Waals surface area contributed by atoms with Crippen LogP contribution in [0.2, 0.25) is 5.02 Å². The van der Waals surface area contributed by atoms with Crippen molar-refractivity contribution < 1.29 is 18.7 Å². The first-order valence-electron chi connectivity index (χ1n) is 10.5. The highest BCUT2D eigenvalue weighted by Gasteiger charge is 2.28. The zero-order valence-electron chi connectivity index (χ0n) is 17.7. The van der Waals surface area contributed by atoms with Crippen molar-refractivity contribution in [3.63, 3.8) is 0 Å². The van der Waals surface area contributed by atoms with Crippen LogP contribution in [0.15, 0.2) is 55.1 Å². The van der Waals surface area contributed by atoms with Crippen LogP contribution in [0.4, 0.5) is 10.1 Å². The molecule has 0 fully saturated rings. The summed E-state index contributed by atoms with van der Waals surface area (Å²) >= 11 is 6.07. The van der Waals surface area contributed by atoms with Crippen LogP contribution in [0.3, 0.4) is 0 Å². The molecule has 0 saturated carbocycles. The minimum absolute atomic E-state index is 0.163. The summed E-state index contributed by atoms with van der Waals surface area (Å²) in [6.45, 7) is -0.514. The van der Waals surface area contributed by atoms with Crippen molar-refractivity contribution in [1.82, 2.24) is 24.5 Å². The summed E-state index contributed by atoms with van der Waals surface area (Å²) in [4.78, 5) is 29.2. The Morgan fingerprint density at radius 3 is 2.74 bits per heavy atom. The molecule has 0 unspecified atom stereocenters. The van der Waals surface area contributed by atoms with Crippen LogP contribution >= 0.6 is 11.6 Å². The Hall–Kier alpha value is -4.05. The number of rotatable bonds is 6. The van der Waals surface area contributed by atoms with Gasteiger partial charge in [-0.05, 0) is 61.7 Å². The van der Waals surface area contributed by atoms with Gasteiger partial charge in [0, 0.05) is 16.3 Å². The van der Waals surface area contributed by atoms with Gasteiger partial charge in [-0.3, -0.25) is 4.79 Å². The quantitative estimate of drug-likeness (QED) is 0.423.